The van der Waals surface area contributed by atoms with Gasteiger partial charge in [-0.25, -0.2) is 4.79 Å². The maximum Gasteiger partial charge on any atom is 0.332 e. The van der Waals surface area contributed by atoms with Gasteiger partial charge in [-0.05, 0) is 50.4 Å². The van der Waals surface area contributed by atoms with Gasteiger partial charge < -0.3 is 14.7 Å². The first-order valence-corrected chi connectivity index (χ1v) is 7.84. The Bertz CT molecular complexity index is 465. The molecule has 2 saturated carbocycles. The second-order valence-corrected chi connectivity index (χ2v) is 6.56. The molecule has 1 unspecified atom stereocenters. The highest BCUT2D eigenvalue weighted by molar-refractivity contribution is 5.94. The minimum absolute atomic E-state index is 0.0596. The zero-order valence-corrected chi connectivity index (χ0v) is 12.5. The van der Waals surface area contributed by atoms with Gasteiger partial charge in [0, 0.05) is 19.7 Å². The average Bonchev–Trinajstić information content (AvgIpc) is 3.34. The molecular formula is C16H23NO4. The van der Waals surface area contributed by atoms with E-state index in [0.29, 0.717) is 24.8 Å². The smallest absolute Gasteiger partial charge is 0.332 e. The Hall–Kier alpha value is -1.36. The molecule has 3 rings (SSSR count). The summed E-state index contributed by atoms with van der Waals surface area (Å²) in [6, 6.07) is 0. The molecular weight excluding hydrogens is 270 g/mol. The maximum absolute atomic E-state index is 12.6. The van der Waals surface area contributed by atoms with Crippen LogP contribution in [0.5, 0.6) is 0 Å². The van der Waals surface area contributed by atoms with E-state index in [1.165, 1.54) is 43.3 Å². The second kappa shape index (κ2) is 5.44. The van der Waals surface area contributed by atoms with Gasteiger partial charge in [0.1, 0.15) is 0 Å². The number of nitrogens with zero attached hydrogens (tertiary/aromatic N) is 1. The van der Waals surface area contributed by atoms with E-state index >= 15 is 0 Å². The Balaban J connectivity index is 1.81. The van der Waals surface area contributed by atoms with E-state index in [2.05, 4.69) is 0 Å². The lowest BCUT2D eigenvalue weighted by Gasteiger charge is -2.33. The third kappa shape index (κ3) is 2.71. The van der Waals surface area contributed by atoms with Crippen molar-refractivity contribution in [2.24, 2.45) is 11.8 Å². The van der Waals surface area contributed by atoms with Crippen LogP contribution in [0.15, 0.2) is 11.6 Å². The van der Waals surface area contributed by atoms with Crippen LogP contribution in [0.1, 0.15) is 38.5 Å². The fraction of sp³-hybridized carbons (Fsp3) is 0.750. The van der Waals surface area contributed by atoms with Gasteiger partial charge in [-0.15, -0.1) is 0 Å². The number of allylic oxidation sites excluding steroid dienone is 1. The maximum atomic E-state index is 12.6. The van der Waals surface area contributed by atoms with E-state index in [4.69, 9.17) is 4.74 Å². The van der Waals surface area contributed by atoms with Crippen molar-refractivity contribution in [3.63, 3.8) is 0 Å². The van der Waals surface area contributed by atoms with Gasteiger partial charge in [0.05, 0.1) is 6.61 Å². The molecule has 1 atom stereocenters. The molecule has 3 fully saturated rings. The summed E-state index contributed by atoms with van der Waals surface area (Å²) in [5, 5.41) is 9.60. The highest BCUT2D eigenvalue weighted by Crippen LogP contribution is 2.49. The summed E-state index contributed by atoms with van der Waals surface area (Å²) >= 11 is 0. The van der Waals surface area contributed by atoms with Crippen molar-refractivity contribution < 1.29 is 19.4 Å². The second-order valence-electron chi connectivity index (χ2n) is 6.56. The van der Waals surface area contributed by atoms with Crippen LogP contribution in [-0.4, -0.2) is 47.7 Å². The molecule has 1 heterocycles. The normalized spacial score (nSPS) is 28.5. The lowest BCUT2D eigenvalue weighted by molar-refractivity contribution is -0.158. The van der Waals surface area contributed by atoms with Gasteiger partial charge in [-0.3, -0.25) is 4.79 Å². The van der Waals surface area contributed by atoms with Gasteiger partial charge >= 0.3 is 5.97 Å². The molecule has 3 aliphatic rings. The molecule has 0 radical (unpaired) electrons. The number of hydrogen-bond acceptors (Lipinski definition) is 3. The molecule has 5 nitrogen and oxygen atoms in total. The predicted molar refractivity (Wildman–Crippen MR) is 76.7 cm³/mol. The van der Waals surface area contributed by atoms with Gasteiger partial charge in [0.2, 0.25) is 5.91 Å². The van der Waals surface area contributed by atoms with Crippen molar-refractivity contribution in [3.8, 4) is 0 Å². The lowest BCUT2D eigenvalue weighted by Crippen LogP contribution is -2.55. The number of ether oxygens (including phenoxy) is 1. The van der Waals surface area contributed by atoms with Gasteiger partial charge in [-0.1, -0.05) is 5.57 Å². The molecule has 0 aromatic rings. The fourth-order valence-corrected chi connectivity index (χ4v) is 3.50. The van der Waals surface area contributed by atoms with E-state index in [-0.39, 0.29) is 12.5 Å². The molecule has 21 heavy (non-hydrogen) atoms. The summed E-state index contributed by atoms with van der Waals surface area (Å²) in [7, 11) is 1.49. The Morgan fingerprint density at radius 3 is 2.38 bits per heavy atom. The van der Waals surface area contributed by atoms with Crippen LogP contribution >= 0.6 is 0 Å². The molecule has 0 aromatic carbocycles. The Morgan fingerprint density at radius 1 is 1.29 bits per heavy atom. The van der Waals surface area contributed by atoms with Crippen molar-refractivity contribution in [2.45, 2.75) is 44.1 Å². The Labute approximate surface area is 124 Å². The molecule has 0 spiro atoms. The minimum Gasteiger partial charge on any atom is -0.479 e. The molecule has 0 aromatic heterocycles. The monoisotopic (exact) mass is 293 g/mol. The molecule has 5 heteroatoms. The van der Waals surface area contributed by atoms with Gasteiger partial charge in [-0.2, -0.15) is 0 Å². The number of amides is 1. The highest BCUT2D eigenvalue weighted by Gasteiger charge is 2.50. The number of carbonyl (C=O) groups excluding carboxylic acids is 1. The van der Waals surface area contributed by atoms with E-state index in [0.717, 1.165) is 6.42 Å². The van der Waals surface area contributed by atoms with Crippen LogP contribution in [0.25, 0.3) is 0 Å². The number of rotatable bonds is 6. The summed E-state index contributed by atoms with van der Waals surface area (Å²) in [5.74, 6) is 0.0557. The van der Waals surface area contributed by atoms with Crippen molar-refractivity contribution in [3.05, 3.63) is 11.6 Å². The summed E-state index contributed by atoms with van der Waals surface area (Å²) < 4.78 is 5.10. The van der Waals surface area contributed by atoms with Crippen molar-refractivity contribution in [1.82, 2.24) is 4.90 Å². The zero-order chi connectivity index (χ0) is 15.0. The number of carboxylic acid groups (broad SMARTS) is 1. The first kappa shape index (κ1) is 14.6. The van der Waals surface area contributed by atoms with Crippen molar-refractivity contribution >= 4 is 11.9 Å². The zero-order valence-electron chi connectivity index (χ0n) is 12.5. The van der Waals surface area contributed by atoms with Crippen LogP contribution in [0.2, 0.25) is 0 Å². The highest BCUT2D eigenvalue weighted by atomic mass is 16.5. The van der Waals surface area contributed by atoms with Crippen LogP contribution < -0.4 is 0 Å². The molecule has 116 valence electrons. The summed E-state index contributed by atoms with van der Waals surface area (Å²) in [4.78, 5) is 25.9. The summed E-state index contributed by atoms with van der Waals surface area (Å²) in [5.41, 5.74) is 0.0872. The lowest BCUT2D eigenvalue weighted by atomic mass is 9.96. The Kier molecular flexibility index (Phi) is 3.78. The standard InChI is InChI=1S/C16H23NO4/c1-21-10-16(15(19)20)7-2-8-17(16)14(18)9-13(11-3-4-11)12-5-6-12/h9,11-12H,2-8,10H2,1H3,(H,19,20). The number of likely N-dealkylation sites (tertiary alicyclic amines) is 1. The van der Waals surface area contributed by atoms with Crippen molar-refractivity contribution in [1.29, 1.82) is 0 Å². The van der Waals surface area contributed by atoms with Crippen molar-refractivity contribution in [2.75, 3.05) is 20.3 Å². The SMILES string of the molecule is COCC1(C(=O)O)CCCN1C(=O)C=C(C1CC1)C1CC1. The summed E-state index contributed by atoms with van der Waals surface area (Å²) in [6.45, 7) is 0.567. The van der Waals surface area contributed by atoms with Crippen LogP contribution in [0.4, 0.5) is 0 Å². The molecule has 2 aliphatic carbocycles. The van der Waals surface area contributed by atoms with E-state index in [1.807, 2.05) is 0 Å². The quantitative estimate of drug-likeness (QED) is 0.759. The minimum atomic E-state index is -1.18. The molecule has 1 N–H and O–H groups in total. The number of carboxylic acids is 1. The topological polar surface area (TPSA) is 66.8 Å². The van der Waals surface area contributed by atoms with Gasteiger partial charge in [0.15, 0.2) is 5.54 Å². The third-order valence-corrected chi connectivity index (χ3v) is 4.92. The number of carbonyl (C=O) groups is 2. The van der Waals surface area contributed by atoms with E-state index < -0.39 is 11.5 Å². The Morgan fingerprint density at radius 2 is 1.90 bits per heavy atom. The van der Waals surface area contributed by atoms with Crippen LogP contribution in [-0.2, 0) is 14.3 Å². The third-order valence-electron chi connectivity index (χ3n) is 4.92. The largest absolute Gasteiger partial charge is 0.479 e. The van der Waals surface area contributed by atoms with E-state index in [1.54, 1.807) is 6.08 Å². The predicted octanol–water partition coefficient (Wildman–Crippen LogP) is 1.82. The van der Waals surface area contributed by atoms with Gasteiger partial charge in [0.25, 0.3) is 0 Å². The van der Waals surface area contributed by atoms with Crippen LogP contribution in [0.3, 0.4) is 0 Å². The molecule has 1 aliphatic heterocycles. The molecule has 1 saturated heterocycles. The first-order valence-electron chi connectivity index (χ1n) is 7.84. The average molecular weight is 293 g/mol. The van der Waals surface area contributed by atoms with Crippen LogP contribution in [0, 0.1) is 11.8 Å². The molecule has 0 bridgehead atoms. The first-order chi connectivity index (χ1) is 10.1. The number of hydrogen-bond donors (Lipinski definition) is 1. The number of aliphatic carboxylic acids is 1. The number of methoxy groups -OCH3 is 1. The van der Waals surface area contributed by atoms with E-state index in [9.17, 15) is 14.7 Å². The fourth-order valence-electron chi connectivity index (χ4n) is 3.50. The summed E-state index contributed by atoms with van der Waals surface area (Å²) in [6.07, 6.45) is 7.65. The molecule has 1 amide bonds.